The quantitative estimate of drug-likeness (QED) is 0.220. The monoisotopic (exact) mass is 577 g/mol. The van der Waals surface area contributed by atoms with E-state index in [-0.39, 0.29) is 22.3 Å². The van der Waals surface area contributed by atoms with Gasteiger partial charge in [0.25, 0.3) is 0 Å². The molecule has 0 saturated heterocycles. The second-order valence-electron chi connectivity index (χ2n) is 16.0. The lowest BCUT2D eigenvalue weighted by Gasteiger charge is -2.72. The van der Waals surface area contributed by atoms with Crippen molar-refractivity contribution in [3.8, 4) is 0 Å². The summed E-state index contributed by atoms with van der Waals surface area (Å²) >= 11 is 6.62. The summed E-state index contributed by atoms with van der Waals surface area (Å²) in [6, 6.07) is 8.10. The van der Waals surface area contributed by atoms with Crippen molar-refractivity contribution >= 4 is 23.3 Å². The largest absolute Gasteiger partial charge is 0.465 e. The van der Waals surface area contributed by atoms with Crippen LogP contribution in [-0.2, 0) is 4.74 Å². The minimum Gasteiger partial charge on any atom is -0.465 e. The molecule has 0 radical (unpaired) electrons. The Bertz CT molecular complexity index is 1270. The second-order valence-corrected chi connectivity index (χ2v) is 16.2. The Morgan fingerprint density at radius 3 is 2.27 bits per heavy atom. The van der Waals surface area contributed by atoms with Crippen LogP contribution in [0, 0.1) is 51.2 Å². The second kappa shape index (κ2) is 9.71. The number of carbonyl (C=O) groups is 1. The Kier molecular flexibility index (Phi) is 6.99. The molecule has 6 rings (SSSR count). The van der Waals surface area contributed by atoms with E-state index < -0.39 is 0 Å². The minimum atomic E-state index is -0.273. The number of allylic oxidation sites excluding steroid dienone is 3. The number of hydrogen-bond acceptors (Lipinski definition) is 3. The normalized spacial score (nSPS) is 44.5. The molecule has 0 heterocycles. The van der Waals surface area contributed by atoms with Gasteiger partial charge < -0.3 is 4.74 Å². The first-order chi connectivity index (χ1) is 19.3. The van der Waals surface area contributed by atoms with E-state index in [2.05, 4.69) is 71.2 Å². The number of fused-ring (bicyclic) bond motifs is 7. The zero-order valence-electron chi connectivity index (χ0n) is 26.5. The number of benzene rings is 1. The van der Waals surface area contributed by atoms with Crippen molar-refractivity contribution in [1.29, 1.82) is 0 Å². The highest BCUT2D eigenvalue weighted by Crippen LogP contribution is 2.76. The lowest BCUT2D eigenvalue weighted by Crippen LogP contribution is -2.67. The molecule has 9 unspecified atom stereocenters. The van der Waals surface area contributed by atoms with Crippen LogP contribution in [0.2, 0.25) is 0 Å². The van der Waals surface area contributed by atoms with Gasteiger partial charge in [-0.1, -0.05) is 65.0 Å². The van der Waals surface area contributed by atoms with Crippen LogP contribution in [0.15, 0.2) is 42.5 Å². The van der Waals surface area contributed by atoms with E-state index in [1.807, 2.05) is 12.1 Å². The van der Waals surface area contributed by atoms with Gasteiger partial charge in [0.2, 0.25) is 0 Å². The lowest BCUT2D eigenvalue weighted by molar-refractivity contribution is -0.218. The van der Waals surface area contributed by atoms with Crippen molar-refractivity contribution in [3.05, 3.63) is 53.6 Å². The van der Waals surface area contributed by atoms with Crippen LogP contribution in [0.1, 0.15) is 115 Å². The highest BCUT2D eigenvalue weighted by Gasteiger charge is 2.70. The van der Waals surface area contributed by atoms with Gasteiger partial charge in [-0.15, -0.1) is 0 Å². The van der Waals surface area contributed by atoms with Crippen LogP contribution in [-0.4, -0.2) is 18.6 Å². The summed E-state index contributed by atoms with van der Waals surface area (Å²) in [6.45, 7) is 19.8. The molecule has 1 N–H and O–H groups in total. The summed E-state index contributed by atoms with van der Waals surface area (Å²) in [7, 11) is 1.44. The van der Waals surface area contributed by atoms with Crippen LogP contribution in [0.4, 0.5) is 0 Å². The molecule has 1 aromatic rings. The Hall–Kier alpha value is -1.58. The summed E-state index contributed by atoms with van der Waals surface area (Å²) in [4.78, 5) is 15.4. The standard InChI is InChI=1S/C37H52ClNO2/c1-23(2)26-15-20-37(39-38)22-21-35(6)28(31(26)37)13-14-30-34(5)18-16-27(24-9-11-25(12-10-24)32(40)41-8)33(3,4)29(34)17-19-36(30,35)7/h9-12,16,26,28-31,39H,1,13-15,17-22H2,2-8H3. The number of carbonyl (C=O) groups excluding carboxylic acids is 1. The summed E-state index contributed by atoms with van der Waals surface area (Å²) < 4.78 is 4.94. The zero-order chi connectivity index (χ0) is 29.6. The van der Waals surface area contributed by atoms with Crippen molar-refractivity contribution in [2.24, 2.45) is 51.2 Å². The molecule has 5 aliphatic rings. The third-order valence-corrected chi connectivity index (χ3v) is 14.8. The number of halogens is 1. The summed E-state index contributed by atoms with van der Waals surface area (Å²) in [5, 5.41) is 0. The predicted molar refractivity (Wildman–Crippen MR) is 169 cm³/mol. The molecule has 3 nitrogen and oxygen atoms in total. The molecule has 0 aliphatic heterocycles. The molecule has 9 atom stereocenters. The smallest absolute Gasteiger partial charge is 0.337 e. The van der Waals surface area contributed by atoms with E-state index in [1.54, 1.807) is 0 Å². The Morgan fingerprint density at radius 1 is 0.927 bits per heavy atom. The summed E-state index contributed by atoms with van der Waals surface area (Å²) in [5.74, 6) is 2.96. The molecule has 0 amide bonds. The average Bonchev–Trinajstić information content (AvgIpc) is 3.33. The maximum atomic E-state index is 12.0. The van der Waals surface area contributed by atoms with Crippen LogP contribution in [0.25, 0.3) is 5.57 Å². The molecule has 41 heavy (non-hydrogen) atoms. The molecule has 4 saturated carbocycles. The molecule has 1 aromatic carbocycles. The minimum absolute atomic E-state index is 0.0691. The fraction of sp³-hybridized carbons (Fsp3) is 0.703. The zero-order valence-corrected chi connectivity index (χ0v) is 27.3. The van der Waals surface area contributed by atoms with Gasteiger partial charge in [-0.2, -0.15) is 0 Å². The van der Waals surface area contributed by atoms with Gasteiger partial charge in [0.1, 0.15) is 0 Å². The highest BCUT2D eigenvalue weighted by molar-refractivity contribution is 6.14. The Morgan fingerprint density at radius 2 is 1.63 bits per heavy atom. The molecule has 4 fully saturated rings. The van der Waals surface area contributed by atoms with Gasteiger partial charge >= 0.3 is 5.97 Å². The SMILES string of the molecule is C=C(C)C1CCC2(NCl)CCC3(C)C(CCC4C5(C)CC=C(c6ccc(C(=O)OC)cc6)C(C)(C)C5CCC43C)C12. The van der Waals surface area contributed by atoms with Gasteiger partial charge in [0.15, 0.2) is 0 Å². The molecule has 0 spiro atoms. The third-order valence-electron chi connectivity index (χ3n) is 14.4. The number of esters is 1. The van der Waals surface area contributed by atoms with E-state index in [9.17, 15) is 4.79 Å². The fourth-order valence-electron chi connectivity index (χ4n) is 12.3. The highest BCUT2D eigenvalue weighted by atomic mass is 35.5. The maximum Gasteiger partial charge on any atom is 0.337 e. The third kappa shape index (κ3) is 3.89. The molecule has 5 aliphatic carbocycles. The Balaban J connectivity index is 1.35. The van der Waals surface area contributed by atoms with Crippen molar-refractivity contribution in [3.63, 3.8) is 0 Å². The number of ether oxygens (including phenoxy) is 1. The van der Waals surface area contributed by atoms with Crippen molar-refractivity contribution < 1.29 is 9.53 Å². The van der Waals surface area contributed by atoms with Gasteiger partial charge in [-0.05, 0) is 151 Å². The number of hydrogen-bond donors (Lipinski definition) is 1. The first-order valence-corrected chi connectivity index (χ1v) is 16.6. The molecular weight excluding hydrogens is 526 g/mol. The van der Waals surface area contributed by atoms with Crippen LogP contribution in [0.3, 0.4) is 0 Å². The lowest BCUT2D eigenvalue weighted by atomic mass is 9.33. The van der Waals surface area contributed by atoms with Gasteiger partial charge in [-0.25, -0.2) is 9.63 Å². The van der Waals surface area contributed by atoms with Gasteiger partial charge in [0.05, 0.1) is 12.7 Å². The van der Waals surface area contributed by atoms with Crippen molar-refractivity contribution in [2.45, 2.75) is 105 Å². The number of methoxy groups -OCH3 is 1. The van der Waals surface area contributed by atoms with Crippen LogP contribution >= 0.6 is 11.8 Å². The molecular formula is C37H52ClNO2. The van der Waals surface area contributed by atoms with E-state index in [0.717, 1.165) is 12.3 Å². The Labute approximate surface area is 254 Å². The van der Waals surface area contributed by atoms with Gasteiger partial charge in [0, 0.05) is 5.54 Å². The fourth-order valence-corrected chi connectivity index (χ4v) is 12.6. The van der Waals surface area contributed by atoms with E-state index in [1.165, 1.54) is 75.2 Å². The first-order valence-electron chi connectivity index (χ1n) is 16.2. The molecule has 4 heteroatoms. The topological polar surface area (TPSA) is 38.3 Å². The first kappa shape index (κ1) is 29.5. The number of rotatable bonds is 4. The van der Waals surface area contributed by atoms with Crippen LogP contribution in [0.5, 0.6) is 0 Å². The average molecular weight is 578 g/mol. The summed E-state index contributed by atoms with van der Waals surface area (Å²) in [5.41, 5.74) is 5.75. The van der Waals surface area contributed by atoms with Crippen molar-refractivity contribution in [2.75, 3.05) is 7.11 Å². The van der Waals surface area contributed by atoms with Crippen molar-refractivity contribution in [1.82, 2.24) is 4.84 Å². The summed E-state index contributed by atoms with van der Waals surface area (Å²) in [6.07, 6.45) is 13.8. The van der Waals surface area contributed by atoms with Crippen LogP contribution < -0.4 is 4.84 Å². The molecule has 0 aromatic heterocycles. The predicted octanol–water partition coefficient (Wildman–Crippen LogP) is 9.62. The van der Waals surface area contributed by atoms with E-state index >= 15 is 0 Å². The van der Waals surface area contributed by atoms with E-state index in [0.29, 0.717) is 40.1 Å². The molecule has 224 valence electrons. The molecule has 0 bridgehead atoms. The maximum absolute atomic E-state index is 12.0. The van der Waals surface area contributed by atoms with Gasteiger partial charge in [-0.3, -0.25) is 0 Å². The number of nitrogens with one attached hydrogen (secondary N) is 1. The van der Waals surface area contributed by atoms with E-state index in [4.69, 9.17) is 16.5 Å².